The van der Waals surface area contributed by atoms with E-state index >= 15 is 4.39 Å². The summed E-state index contributed by atoms with van der Waals surface area (Å²) in [5, 5.41) is 0.143. The molecule has 194 valence electrons. The fourth-order valence-corrected chi connectivity index (χ4v) is 6.46. The summed E-state index contributed by atoms with van der Waals surface area (Å²) in [6.45, 7) is 5.92. The molecule has 5 rings (SSSR count). The number of hydrogen-bond acceptors (Lipinski definition) is 5. The number of piperidine rings is 1. The molecule has 1 heterocycles. The van der Waals surface area contributed by atoms with Crippen LogP contribution in [0.5, 0.6) is 5.75 Å². The van der Waals surface area contributed by atoms with Crippen LogP contribution in [0.3, 0.4) is 0 Å². The zero-order valence-corrected chi connectivity index (χ0v) is 22.2. The van der Waals surface area contributed by atoms with E-state index in [2.05, 4.69) is 24.8 Å². The number of carbonyl (C=O) groups excluding carboxylic acids is 1. The van der Waals surface area contributed by atoms with Crippen molar-refractivity contribution in [1.82, 2.24) is 9.62 Å². The molecule has 1 unspecified atom stereocenters. The van der Waals surface area contributed by atoms with Gasteiger partial charge in [0.05, 0.1) is 10.8 Å². The molecule has 0 bridgehead atoms. The number of benzene rings is 2. The van der Waals surface area contributed by atoms with E-state index in [4.69, 9.17) is 16.3 Å². The summed E-state index contributed by atoms with van der Waals surface area (Å²) in [6.07, 6.45) is 4.56. The van der Waals surface area contributed by atoms with Gasteiger partial charge in [0.25, 0.3) is 5.91 Å². The van der Waals surface area contributed by atoms with E-state index in [1.54, 1.807) is 0 Å². The summed E-state index contributed by atoms with van der Waals surface area (Å²) in [5.41, 5.74) is 1.39. The highest BCUT2D eigenvalue weighted by Crippen LogP contribution is 2.46. The molecule has 0 radical (unpaired) electrons. The van der Waals surface area contributed by atoms with Crippen molar-refractivity contribution in [1.29, 1.82) is 0 Å². The van der Waals surface area contributed by atoms with Gasteiger partial charge >= 0.3 is 0 Å². The minimum Gasteiger partial charge on any atom is -0.489 e. The van der Waals surface area contributed by atoms with Crippen molar-refractivity contribution in [3.05, 3.63) is 63.9 Å². The molecule has 0 spiro atoms. The van der Waals surface area contributed by atoms with Crippen molar-refractivity contribution >= 4 is 27.5 Å². The summed E-state index contributed by atoms with van der Waals surface area (Å²) in [7, 11) is -3.76. The number of nitrogens with one attached hydrogen (secondary N) is 1. The molecule has 0 aromatic heterocycles. The Morgan fingerprint density at radius 2 is 1.89 bits per heavy atom. The Kier molecular flexibility index (Phi) is 6.81. The zero-order chi connectivity index (χ0) is 25.7. The Morgan fingerprint density at radius 3 is 2.56 bits per heavy atom. The number of sulfonamides is 1. The van der Waals surface area contributed by atoms with E-state index in [0.29, 0.717) is 30.2 Å². The van der Waals surface area contributed by atoms with Gasteiger partial charge in [-0.3, -0.25) is 9.69 Å². The standard InChI is InChI=1S/C27H32ClFN2O4S/c1-27(2,18-5-3-6-19(28)13-18)31-12-4-7-20(16-31)35-25-15-24(29)23(14-22(25)17-8-9-17)26(32)30-36(33,34)21-10-11-21/h3,5-6,13-15,17,20-21H,4,7-12,16H2,1-2H3,(H,30,32). The fraction of sp³-hybridized carbons (Fsp3) is 0.519. The van der Waals surface area contributed by atoms with Crippen LogP contribution in [-0.2, 0) is 15.6 Å². The molecule has 2 aliphatic carbocycles. The highest BCUT2D eigenvalue weighted by molar-refractivity contribution is 7.91. The van der Waals surface area contributed by atoms with Crippen molar-refractivity contribution < 1.29 is 22.3 Å². The lowest BCUT2D eigenvalue weighted by Crippen LogP contribution is -2.50. The van der Waals surface area contributed by atoms with Gasteiger partial charge in [0, 0.05) is 23.2 Å². The molecule has 3 aliphatic rings. The van der Waals surface area contributed by atoms with Gasteiger partial charge in [0.2, 0.25) is 10.0 Å². The topological polar surface area (TPSA) is 75.7 Å². The van der Waals surface area contributed by atoms with Crippen LogP contribution < -0.4 is 9.46 Å². The second-order valence-corrected chi connectivity index (χ2v) is 13.1. The maximum absolute atomic E-state index is 15.1. The van der Waals surface area contributed by atoms with Gasteiger partial charge in [-0.2, -0.15) is 0 Å². The van der Waals surface area contributed by atoms with Crippen LogP contribution in [-0.4, -0.2) is 43.7 Å². The van der Waals surface area contributed by atoms with E-state index in [1.807, 2.05) is 22.9 Å². The SMILES string of the molecule is CC(C)(c1cccc(Cl)c1)N1CCCC(Oc2cc(F)c(C(=O)NS(=O)(=O)C3CC3)cc2C2CC2)C1. The first kappa shape index (κ1) is 25.5. The lowest BCUT2D eigenvalue weighted by atomic mass is 9.89. The highest BCUT2D eigenvalue weighted by Gasteiger charge is 2.38. The Hall–Kier alpha value is -2.16. The van der Waals surface area contributed by atoms with Crippen LogP contribution in [0.15, 0.2) is 36.4 Å². The fourth-order valence-electron chi connectivity index (χ4n) is 4.98. The van der Waals surface area contributed by atoms with Gasteiger partial charge in [-0.05, 0) is 94.2 Å². The minimum atomic E-state index is -3.76. The lowest BCUT2D eigenvalue weighted by Gasteiger charge is -2.44. The molecule has 2 saturated carbocycles. The zero-order valence-electron chi connectivity index (χ0n) is 20.6. The molecule has 2 aromatic carbocycles. The van der Waals surface area contributed by atoms with Gasteiger partial charge in [0.1, 0.15) is 17.7 Å². The Balaban J connectivity index is 1.34. The Morgan fingerprint density at radius 1 is 1.14 bits per heavy atom. The van der Waals surface area contributed by atoms with Crippen LogP contribution in [0, 0.1) is 5.82 Å². The van der Waals surface area contributed by atoms with E-state index in [1.165, 1.54) is 12.1 Å². The summed E-state index contributed by atoms with van der Waals surface area (Å²) in [6, 6.07) is 10.6. The van der Waals surface area contributed by atoms with Crippen LogP contribution in [0.2, 0.25) is 5.02 Å². The molecule has 3 fully saturated rings. The summed E-state index contributed by atoms with van der Waals surface area (Å²) >= 11 is 6.24. The Bertz CT molecular complexity index is 1270. The first-order chi connectivity index (χ1) is 17.0. The average Bonchev–Trinajstić information content (AvgIpc) is 3.72. The molecule has 2 aromatic rings. The van der Waals surface area contributed by atoms with Crippen molar-refractivity contribution in [2.45, 2.75) is 75.2 Å². The summed E-state index contributed by atoms with van der Waals surface area (Å²) < 4.78 is 47.9. The molecule has 1 saturated heterocycles. The third-order valence-corrected chi connectivity index (χ3v) is 9.61. The van der Waals surface area contributed by atoms with E-state index in [-0.39, 0.29) is 23.1 Å². The third-order valence-electron chi connectivity index (χ3n) is 7.55. The number of hydrogen-bond donors (Lipinski definition) is 1. The molecule has 1 aliphatic heterocycles. The van der Waals surface area contributed by atoms with Gasteiger partial charge < -0.3 is 4.74 Å². The monoisotopic (exact) mass is 534 g/mol. The number of amides is 1. The molecule has 1 N–H and O–H groups in total. The van der Waals surface area contributed by atoms with Crippen LogP contribution in [0.4, 0.5) is 4.39 Å². The quantitative estimate of drug-likeness (QED) is 0.493. The van der Waals surface area contributed by atoms with Gasteiger partial charge in [-0.25, -0.2) is 17.5 Å². The van der Waals surface area contributed by atoms with Crippen molar-refractivity contribution in [2.24, 2.45) is 0 Å². The number of likely N-dealkylation sites (tertiary alicyclic amines) is 1. The second kappa shape index (κ2) is 9.62. The third kappa shape index (κ3) is 5.41. The smallest absolute Gasteiger partial charge is 0.267 e. The van der Waals surface area contributed by atoms with Crippen molar-refractivity contribution in [3.8, 4) is 5.75 Å². The number of rotatable bonds is 8. The molecule has 36 heavy (non-hydrogen) atoms. The molecule has 1 atom stereocenters. The normalized spacial score (nSPS) is 21.3. The van der Waals surface area contributed by atoms with E-state index in [9.17, 15) is 13.2 Å². The van der Waals surface area contributed by atoms with Crippen LogP contribution >= 0.6 is 11.6 Å². The predicted molar refractivity (Wildman–Crippen MR) is 137 cm³/mol. The van der Waals surface area contributed by atoms with E-state index in [0.717, 1.165) is 43.4 Å². The summed E-state index contributed by atoms with van der Waals surface area (Å²) in [5.74, 6) is -1.05. The average molecular weight is 535 g/mol. The van der Waals surface area contributed by atoms with Crippen LogP contribution in [0.25, 0.3) is 0 Å². The maximum atomic E-state index is 15.1. The number of carbonyl (C=O) groups is 1. The van der Waals surface area contributed by atoms with Crippen molar-refractivity contribution in [3.63, 3.8) is 0 Å². The molecular formula is C27H32ClFN2O4S. The highest BCUT2D eigenvalue weighted by atomic mass is 35.5. The first-order valence-electron chi connectivity index (χ1n) is 12.6. The largest absolute Gasteiger partial charge is 0.489 e. The summed E-state index contributed by atoms with van der Waals surface area (Å²) in [4.78, 5) is 15.0. The minimum absolute atomic E-state index is 0.135. The van der Waals surface area contributed by atoms with Gasteiger partial charge in [-0.15, -0.1) is 0 Å². The van der Waals surface area contributed by atoms with Gasteiger partial charge in [0.15, 0.2) is 0 Å². The maximum Gasteiger partial charge on any atom is 0.267 e. The van der Waals surface area contributed by atoms with Crippen molar-refractivity contribution in [2.75, 3.05) is 13.1 Å². The van der Waals surface area contributed by atoms with Crippen LogP contribution in [0.1, 0.15) is 79.8 Å². The number of halogens is 2. The first-order valence-corrected chi connectivity index (χ1v) is 14.5. The lowest BCUT2D eigenvalue weighted by molar-refractivity contribution is 0.0243. The number of nitrogens with zero attached hydrogens (tertiary/aromatic N) is 1. The molecule has 1 amide bonds. The van der Waals surface area contributed by atoms with E-state index < -0.39 is 27.0 Å². The van der Waals surface area contributed by atoms with Gasteiger partial charge in [-0.1, -0.05) is 23.7 Å². The molecule has 9 heteroatoms. The molecule has 6 nitrogen and oxygen atoms in total. The molecular weight excluding hydrogens is 503 g/mol. The second-order valence-electron chi connectivity index (χ2n) is 10.7. The Labute approximate surface area is 217 Å². The predicted octanol–water partition coefficient (Wildman–Crippen LogP) is 5.36. The number of ether oxygens (including phenoxy) is 1.